The van der Waals surface area contributed by atoms with Crippen LogP contribution in [-0.2, 0) is 7.05 Å². The Bertz CT molecular complexity index is 928. The number of hydrogen-bond acceptors (Lipinski definition) is 5. The highest BCUT2D eigenvalue weighted by atomic mass is 79.9. The Balaban J connectivity index is 1.98. The van der Waals surface area contributed by atoms with Crippen molar-refractivity contribution in [1.82, 2.24) is 24.5 Å². The maximum atomic E-state index is 4.66. The Morgan fingerprint density at radius 2 is 1.95 bits per heavy atom. The minimum atomic E-state index is 0.770. The second kappa shape index (κ2) is 5.26. The van der Waals surface area contributed by atoms with E-state index in [4.69, 9.17) is 0 Å². The lowest BCUT2D eigenvalue weighted by molar-refractivity contribution is 0.888. The predicted molar refractivity (Wildman–Crippen MR) is 90.5 cm³/mol. The van der Waals surface area contributed by atoms with Crippen LogP contribution in [0.15, 0.2) is 47.6 Å². The fourth-order valence-electron chi connectivity index (χ4n) is 2.30. The van der Waals surface area contributed by atoms with Crippen LogP contribution < -0.4 is 0 Å². The van der Waals surface area contributed by atoms with E-state index in [1.165, 1.54) is 0 Å². The molecule has 4 aromatic rings. The van der Waals surface area contributed by atoms with Gasteiger partial charge in [0.2, 0.25) is 0 Å². The molecule has 0 aliphatic rings. The monoisotopic (exact) mass is 371 g/mol. The van der Waals surface area contributed by atoms with Crippen LogP contribution in [0, 0.1) is 0 Å². The number of aromatic nitrogens is 5. The van der Waals surface area contributed by atoms with E-state index in [-0.39, 0.29) is 0 Å². The van der Waals surface area contributed by atoms with Crippen LogP contribution in [0.1, 0.15) is 0 Å². The number of nitrogens with zero attached hydrogens (tertiary/aromatic N) is 5. The molecule has 22 heavy (non-hydrogen) atoms. The standard InChI is InChI=1S/C15H10BrN5S/c1-21-12(14-19-10-7-17-8-18-13(10)22-14)11(20-15(21)16)9-5-3-2-4-6-9/h2-8H,1H3. The zero-order chi connectivity index (χ0) is 15.1. The van der Waals surface area contributed by atoms with Gasteiger partial charge in [0.1, 0.15) is 33.1 Å². The molecular formula is C15H10BrN5S. The number of imidazole rings is 1. The summed E-state index contributed by atoms with van der Waals surface area (Å²) in [4.78, 5) is 18.5. The van der Waals surface area contributed by atoms with Crippen LogP contribution in [0.2, 0.25) is 0 Å². The Morgan fingerprint density at radius 1 is 1.14 bits per heavy atom. The fraction of sp³-hybridized carbons (Fsp3) is 0.0667. The molecule has 1 aromatic carbocycles. The van der Waals surface area contributed by atoms with Crippen molar-refractivity contribution >= 4 is 37.6 Å². The van der Waals surface area contributed by atoms with Gasteiger partial charge >= 0.3 is 0 Å². The minimum Gasteiger partial charge on any atom is -0.319 e. The summed E-state index contributed by atoms with van der Waals surface area (Å²) in [6.07, 6.45) is 3.28. The highest BCUT2D eigenvalue weighted by Crippen LogP contribution is 2.36. The van der Waals surface area contributed by atoms with E-state index in [9.17, 15) is 0 Å². The van der Waals surface area contributed by atoms with Crippen molar-refractivity contribution < 1.29 is 0 Å². The number of halogens is 1. The largest absolute Gasteiger partial charge is 0.319 e. The van der Waals surface area contributed by atoms with Crippen LogP contribution in [0.3, 0.4) is 0 Å². The average molecular weight is 372 g/mol. The molecular weight excluding hydrogens is 362 g/mol. The molecule has 0 atom stereocenters. The molecule has 0 radical (unpaired) electrons. The lowest BCUT2D eigenvalue weighted by Crippen LogP contribution is -1.92. The van der Waals surface area contributed by atoms with E-state index >= 15 is 0 Å². The first-order valence-electron chi connectivity index (χ1n) is 6.58. The maximum Gasteiger partial charge on any atom is 0.177 e. The van der Waals surface area contributed by atoms with Gasteiger partial charge in [-0.2, -0.15) is 0 Å². The summed E-state index contributed by atoms with van der Waals surface area (Å²) >= 11 is 5.05. The Morgan fingerprint density at radius 3 is 2.73 bits per heavy atom. The van der Waals surface area contributed by atoms with Crippen molar-refractivity contribution in [3.8, 4) is 22.0 Å². The summed E-state index contributed by atoms with van der Waals surface area (Å²) in [5.41, 5.74) is 3.74. The van der Waals surface area contributed by atoms with Gasteiger partial charge in [-0.05, 0) is 15.9 Å². The Kier molecular flexibility index (Phi) is 3.24. The first kappa shape index (κ1) is 13.5. The van der Waals surface area contributed by atoms with Gasteiger partial charge in [0, 0.05) is 12.6 Å². The van der Waals surface area contributed by atoms with E-state index in [1.54, 1.807) is 23.9 Å². The molecule has 108 valence electrons. The van der Waals surface area contributed by atoms with Crippen molar-refractivity contribution in [3.05, 3.63) is 47.6 Å². The molecule has 0 aliphatic carbocycles. The smallest absolute Gasteiger partial charge is 0.177 e. The van der Waals surface area contributed by atoms with Crippen LogP contribution >= 0.6 is 27.3 Å². The lowest BCUT2D eigenvalue weighted by atomic mass is 10.1. The minimum absolute atomic E-state index is 0.770. The van der Waals surface area contributed by atoms with Crippen LogP contribution in [0.5, 0.6) is 0 Å². The number of hydrogen-bond donors (Lipinski definition) is 0. The van der Waals surface area contributed by atoms with Crippen LogP contribution in [0.4, 0.5) is 0 Å². The van der Waals surface area contributed by atoms with Crippen molar-refractivity contribution in [2.24, 2.45) is 7.05 Å². The van der Waals surface area contributed by atoms with Gasteiger partial charge < -0.3 is 4.57 Å². The molecule has 0 N–H and O–H groups in total. The molecule has 3 aromatic heterocycles. The van der Waals surface area contributed by atoms with Crippen molar-refractivity contribution in [2.75, 3.05) is 0 Å². The summed E-state index contributed by atoms with van der Waals surface area (Å²) in [7, 11) is 1.97. The summed E-state index contributed by atoms with van der Waals surface area (Å²) in [6.45, 7) is 0. The molecule has 0 unspecified atom stereocenters. The first-order valence-corrected chi connectivity index (χ1v) is 8.19. The molecule has 0 saturated carbocycles. The van der Waals surface area contributed by atoms with E-state index in [0.717, 1.165) is 37.0 Å². The highest BCUT2D eigenvalue weighted by Gasteiger charge is 2.20. The van der Waals surface area contributed by atoms with Crippen molar-refractivity contribution in [1.29, 1.82) is 0 Å². The van der Waals surface area contributed by atoms with Crippen molar-refractivity contribution in [2.45, 2.75) is 0 Å². The molecule has 4 rings (SSSR count). The molecule has 5 nitrogen and oxygen atoms in total. The van der Waals surface area contributed by atoms with Gasteiger partial charge in [-0.15, -0.1) is 0 Å². The van der Waals surface area contributed by atoms with E-state index in [1.807, 2.05) is 41.9 Å². The quantitative estimate of drug-likeness (QED) is 0.535. The predicted octanol–water partition coefficient (Wildman–Crippen LogP) is 3.92. The Hall–Kier alpha value is -2.12. The third kappa shape index (κ3) is 2.13. The van der Waals surface area contributed by atoms with Gasteiger partial charge in [-0.3, -0.25) is 0 Å². The number of rotatable bonds is 2. The summed E-state index contributed by atoms with van der Waals surface area (Å²) < 4.78 is 2.76. The van der Waals surface area contributed by atoms with Gasteiger partial charge in [0.25, 0.3) is 0 Å². The van der Waals surface area contributed by atoms with E-state index in [0.29, 0.717) is 0 Å². The SMILES string of the molecule is Cn1c(Br)nc(-c2ccccc2)c1-c1nc2cncnc2s1. The molecule has 7 heteroatoms. The molecule has 3 heterocycles. The van der Waals surface area contributed by atoms with Gasteiger partial charge in [0.05, 0.1) is 6.20 Å². The highest BCUT2D eigenvalue weighted by molar-refractivity contribution is 9.10. The third-order valence-corrected chi connectivity index (χ3v) is 5.06. The molecule has 0 spiro atoms. The normalized spacial score (nSPS) is 11.2. The number of thiazole rings is 1. The second-order valence-electron chi connectivity index (χ2n) is 4.74. The molecule has 0 amide bonds. The summed E-state index contributed by atoms with van der Waals surface area (Å²) in [6, 6.07) is 10.1. The lowest BCUT2D eigenvalue weighted by Gasteiger charge is -2.03. The second-order valence-corrected chi connectivity index (χ2v) is 6.42. The number of benzene rings is 1. The molecule has 0 saturated heterocycles. The zero-order valence-electron chi connectivity index (χ0n) is 11.6. The third-order valence-electron chi connectivity index (χ3n) is 3.36. The van der Waals surface area contributed by atoms with Gasteiger partial charge in [-0.25, -0.2) is 19.9 Å². The maximum absolute atomic E-state index is 4.66. The van der Waals surface area contributed by atoms with E-state index < -0.39 is 0 Å². The average Bonchev–Trinajstić information content (AvgIpc) is 3.09. The summed E-state index contributed by atoms with van der Waals surface area (Å²) in [5.74, 6) is 0. The molecule has 0 fully saturated rings. The zero-order valence-corrected chi connectivity index (χ0v) is 14.0. The van der Waals surface area contributed by atoms with Gasteiger partial charge in [-0.1, -0.05) is 41.7 Å². The molecule has 0 aliphatic heterocycles. The van der Waals surface area contributed by atoms with Crippen molar-refractivity contribution in [3.63, 3.8) is 0 Å². The number of fused-ring (bicyclic) bond motifs is 1. The first-order chi connectivity index (χ1) is 10.7. The molecule has 0 bridgehead atoms. The van der Waals surface area contributed by atoms with E-state index in [2.05, 4.69) is 35.9 Å². The topological polar surface area (TPSA) is 56.5 Å². The van der Waals surface area contributed by atoms with Crippen LogP contribution in [-0.4, -0.2) is 24.5 Å². The Labute approximate surface area is 138 Å². The van der Waals surface area contributed by atoms with Crippen LogP contribution in [0.25, 0.3) is 32.3 Å². The summed E-state index contributed by atoms with van der Waals surface area (Å²) in [5, 5.41) is 0.884. The fourth-order valence-corrected chi connectivity index (χ4v) is 3.62. The van der Waals surface area contributed by atoms with Gasteiger partial charge in [0.15, 0.2) is 4.73 Å².